The van der Waals surface area contributed by atoms with Crippen LogP contribution < -0.4 is 10.2 Å². The van der Waals surface area contributed by atoms with E-state index in [4.69, 9.17) is 16.6 Å². The van der Waals surface area contributed by atoms with E-state index < -0.39 is 0 Å². The number of pyridine rings is 1. The highest BCUT2D eigenvalue weighted by Gasteiger charge is 2.42. The molecule has 1 saturated heterocycles. The number of rotatable bonds is 5. The first-order valence-corrected chi connectivity index (χ1v) is 11.2. The minimum Gasteiger partial charge on any atom is -0.467 e. The number of benzene rings is 1. The second-order valence-corrected chi connectivity index (χ2v) is 8.71. The average Bonchev–Trinajstić information content (AvgIpc) is 3.49. The smallest absolute Gasteiger partial charge is 0.174 e. The molecule has 1 aromatic carbocycles. The average molecular weight is 443 g/mol. The van der Waals surface area contributed by atoms with Crippen molar-refractivity contribution in [1.29, 1.82) is 0 Å². The van der Waals surface area contributed by atoms with Crippen molar-refractivity contribution in [2.24, 2.45) is 0 Å². The fourth-order valence-corrected chi connectivity index (χ4v) is 5.00. The first-order valence-electron chi connectivity index (χ1n) is 10.8. The van der Waals surface area contributed by atoms with Gasteiger partial charge in [0.05, 0.1) is 30.6 Å². The molecule has 3 aromatic heterocycles. The van der Waals surface area contributed by atoms with E-state index in [1.165, 1.54) is 22.5 Å². The summed E-state index contributed by atoms with van der Waals surface area (Å²) in [6, 6.07) is 20.7. The van der Waals surface area contributed by atoms with Crippen molar-refractivity contribution >= 4 is 23.0 Å². The molecule has 1 N–H and O–H groups in total. The van der Waals surface area contributed by atoms with Crippen LogP contribution in [-0.4, -0.2) is 14.7 Å². The summed E-state index contributed by atoms with van der Waals surface area (Å²) in [6.45, 7) is 7.13. The van der Waals surface area contributed by atoms with Crippen LogP contribution in [0.25, 0.3) is 0 Å². The van der Waals surface area contributed by atoms with Gasteiger partial charge >= 0.3 is 0 Å². The second-order valence-electron chi connectivity index (χ2n) is 8.33. The minimum absolute atomic E-state index is 0.0178. The van der Waals surface area contributed by atoms with Crippen LogP contribution in [0.3, 0.4) is 0 Å². The molecule has 0 spiro atoms. The third kappa shape index (κ3) is 3.60. The molecule has 0 saturated carbocycles. The number of hydrogen-bond acceptors (Lipinski definition) is 3. The lowest BCUT2D eigenvalue weighted by atomic mass is 9.96. The summed E-state index contributed by atoms with van der Waals surface area (Å²) in [5.74, 6) is 0.940. The van der Waals surface area contributed by atoms with Gasteiger partial charge in [0, 0.05) is 23.3 Å². The Morgan fingerprint density at radius 2 is 1.91 bits per heavy atom. The summed E-state index contributed by atoms with van der Waals surface area (Å²) >= 11 is 5.86. The van der Waals surface area contributed by atoms with Crippen molar-refractivity contribution in [3.05, 3.63) is 107 Å². The van der Waals surface area contributed by atoms with Crippen molar-refractivity contribution in [1.82, 2.24) is 14.9 Å². The fraction of sp³-hybridized carbons (Fsp3) is 0.231. The quantitative estimate of drug-likeness (QED) is 0.406. The van der Waals surface area contributed by atoms with Gasteiger partial charge in [0.1, 0.15) is 5.76 Å². The fourth-order valence-electron chi connectivity index (χ4n) is 4.66. The predicted octanol–water partition coefficient (Wildman–Crippen LogP) is 5.63. The van der Waals surface area contributed by atoms with E-state index in [1.54, 1.807) is 6.26 Å². The normalized spacial score (nSPS) is 18.2. The van der Waals surface area contributed by atoms with Crippen LogP contribution in [0.4, 0.5) is 5.69 Å². The topological polar surface area (TPSA) is 46.2 Å². The third-order valence-corrected chi connectivity index (χ3v) is 6.52. The van der Waals surface area contributed by atoms with Gasteiger partial charge in [-0.2, -0.15) is 0 Å². The molecule has 0 unspecified atom stereocenters. The lowest BCUT2D eigenvalue weighted by Crippen LogP contribution is -2.29. The van der Waals surface area contributed by atoms with Gasteiger partial charge < -0.3 is 19.2 Å². The van der Waals surface area contributed by atoms with Gasteiger partial charge in [-0.15, -0.1) is 0 Å². The Hall–Kier alpha value is -3.38. The van der Waals surface area contributed by atoms with Crippen molar-refractivity contribution in [2.45, 2.75) is 39.4 Å². The minimum atomic E-state index is -0.0539. The zero-order valence-electron chi connectivity index (χ0n) is 18.4. The number of nitrogens with zero attached hydrogens (tertiary/aromatic N) is 3. The Morgan fingerprint density at radius 1 is 1.03 bits per heavy atom. The standard InChI is InChI=1S/C26H26N4OS/c1-17-8-6-9-20(14-17)30-25(24(28-26(30)32)23-11-4-5-12-27-23)22-15-18(2)29(19(22)3)16-21-10-7-13-31-21/h4-15,24-25H,16H2,1-3H3,(H,28,32)/t24-,25+/m0/s1. The summed E-state index contributed by atoms with van der Waals surface area (Å²) in [5, 5.41) is 4.27. The van der Waals surface area contributed by atoms with Crippen molar-refractivity contribution in [3.8, 4) is 0 Å². The highest BCUT2D eigenvalue weighted by atomic mass is 32.1. The van der Waals surface area contributed by atoms with E-state index >= 15 is 0 Å². The van der Waals surface area contributed by atoms with E-state index in [-0.39, 0.29) is 12.1 Å². The van der Waals surface area contributed by atoms with Crippen LogP contribution >= 0.6 is 12.2 Å². The molecular formula is C26H26N4OS. The van der Waals surface area contributed by atoms with Gasteiger partial charge in [0.15, 0.2) is 5.11 Å². The Labute approximate surface area is 193 Å². The summed E-state index contributed by atoms with van der Waals surface area (Å²) in [7, 11) is 0. The molecule has 6 heteroatoms. The van der Waals surface area contributed by atoms with Gasteiger partial charge in [0.2, 0.25) is 0 Å². The molecule has 1 fully saturated rings. The van der Waals surface area contributed by atoms with E-state index in [2.05, 4.69) is 76.9 Å². The Balaban J connectivity index is 1.63. The maximum Gasteiger partial charge on any atom is 0.174 e. The van der Waals surface area contributed by atoms with Crippen molar-refractivity contribution < 1.29 is 4.42 Å². The highest BCUT2D eigenvalue weighted by Crippen LogP contribution is 2.43. The van der Waals surface area contributed by atoms with Gasteiger partial charge in [-0.3, -0.25) is 4.98 Å². The van der Waals surface area contributed by atoms with Crippen LogP contribution in [0.2, 0.25) is 0 Å². The SMILES string of the molecule is Cc1cccc(N2C(=S)N[C@@H](c3ccccn3)[C@H]2c2cc(C)n(Cc3ccco3)c2C)c1. The van der Waals surface area contributed by atoms with Gasteiger partial charge in [-0.05, 0) is 86.6 Å². The maximum atomic E-state index is 5.86. The summed E-state index contributed by atoms with van der Waals surface area (Å²) < 4.78 is 7.92. The van der Waals surface area contributed by atoms with Gasteiger partial charge in [-0.1, -0.05) is 18.2 Å². The molecule has 5 nitrogen and oxygen atoms in total. The van der Waals surface area contributed by atoms with Crippen LogP contribution in [0.15, 0.2) is 77.5 Å². The largest absolute Gasteiger partial charge is 0.467 e. The number of hydrogen-bond donors (Lipinski definition) is 1. The summed E-state index contributed by atoms with van der Waals surface area (Å²) in [4.78, 5) is 6.90. The molecule has 1 aliphatic heterocycles. The molecule has 0 aliphatic carbocycles. The lowest BCUT2D eigenvalue weighted by Gasteiger charge is -2.28. The second kappa shape index (κ2) is 8.28. The predicted molar refractivity (Wildman–Crippen MR) is 131 cm³/mol. The van der Waals surface area contributed by atoms with Crippen LogP contribution in [0, 0.1) is 20.8 Å². The number of thiocarbonyl (C=S) groups is 1. The molecule has 5 rings (SSSR count). The molecule has 0 radical (unpaired) electrons. The Morgan fingerprint density at radius 3 is 2.62 bits per heavy atom. The number of anilines is 1. The van der Waals surface area contributed by atoms with Crippen LogP contribution in [-0.2, 0) is 6.54 Å². The molecular weight excluding hydrogens is 416 g/mol. The van der Waals surface area contributed by atoms with Crippen LogP contribution in [0.5, 0.6) is 0 Å². The highest BCUT2D eigenvalue weighted by molar-refractivity contribution is 7.80. The summed E-state index contributed by atoms with van der Waals surface area (Å²) in [6.07, 6.45) is 3.56. The molecule has 162 valence electrons. The number of furan rings is 1. The first-order chi connectivity index (χ1) is 15.5. The van der Waals surface area contributed by atoms with Crippen molar-refractivity contribution in [3.63, 3.8) is 0 Å². The number of nitrogens with one attached hydrogen (secondary N) is 1. The lowest BCUT2D eigenvalue weighted by molar-refractivity contribution is 0.488. The maximum absolute atomic E-state index is 5.86. The molecule has 4 aromatic rings. The van der Waals surface area contributed by atoms with Gasteiger partial charge in [-0.25, -0.2) is 0 Å². The zero-order chi connectivity index (χ0) is 22.2. The van der Waals surface area contributed by atoms with E-state index in [0.717, 1.165) is 17.1 Å². The van der Waals surface area contributed by atoms with E-state index in [1.807, 2.05) is 30.5 Å². The van der Waals surface area contributed by atoms with E-state index in [9.17, 15) is 0 Å². The molecule has 1 aliphatic rings. The number of aromatic nitrogens is 2. The molecule has 2 atom stereocenters. The molecule has 4 heterocycles. The first kappa shape index (κ1) is 20.5. The zero-order valence-corrected chi connectivity index (χ0v) is 19.3. The van der Waals surface area contributed by atoms with Crippen LogP contribution in [0.1, 0.15) is 46.1 Å². The Kier molecular flexibility index (Phi) is 5.31. The number of aryl methyl sites for hydroxylation is 2. The molecule has 0 bridgehead atoms. The molecule has 0 amide bonds. The monoisotopic (exact) mass is 442 g/mol. The summed E-state index contributed by atoms with van der Waals surface area (Å²) in [5.41, 5.74) is 6.89. The van der Waals surface area contributed by atoms with Gasteiger partial charge in [0.25, 0.3) is 0 Å². The third-order valence-electron chi connectivity index (χ3n) is 6.20. The molecule has 32 heavy (non-hydrogen) atoms. The van der Waals surface area contributed by atoms with E-state index in [0.29, 0.717) is 11.7 Å². The van der Waals surface area contributed by atoms with Crippen molar-refractivity contribution in [2.75, 3.05) is 4.90 Å². The Bertz CT molecular complexity index is 1250.